The first-order valence-electron chi connectivity index (χ1n) is 6.27. The molecule has 19 heavy (non-hydrogen) atoms. The summed E-state index contributed by atoms with van der Waals surface area (Å²) >= 11 is 1.47. The van der Waals surface area contributed by atoms with Crippen molar-refractivity contribution < 1.29 is 4.79 Å². The van der Waals surface area contributed by atoms with Crippen LogP contribution in [0.15, 0.2) is 30.5 Å². The smallest absolute Gasteiger partial charge is 0.259 e. The lowest BCUT2D eigenvalue weighted by Gasteiger charge is -2.10. The van der Waals surface area contributed by atoms with Crippen LogP contribution in [-0.2, 0) is 0 Å². The monoisotopic (exact) mass is 275 g/mol. The first-order valence-corrected chi connectivity index (χ1v) is 7.09. The van der Waals surface area contributed by atoms with E-state index < -0.39 is 0 Å². The average molecular weight is 275 g/mol. The number of thiazole rings is 1. The number of nitrogens with one attached hydrogen (secondary N) is 2. The molecule has 2 rings (SSSR count). The number of carbonyl (C=O) groups is 1. The molecule has 0 saturated heterocycles. The molecule has 1 heterocycles. The molecule has 0 saturated carbocycles. The lowest BCUT2D eigenvalue weighted by molar-refractivity contribution is 0.102. The van der Waals surface area contributed by atoms with Gasteiger partial charge in [0, 0.05) is 23.3 Å². The van der Waals surface area contributed by atoms with Crippen molar-refractivity contribution in [3.8, 4) is 0 Å². The Balaban J connectivity index is 2.14. The molecule has 0 unspecified atom stereocenters. The normalized spacial score (nSPS) is 10.2. The third-order valence-corrected chi connectivity index (χ3v) is 3.41. The van der Waals surface area contributed by atoms with Crippen molar-refractivity contribution >= 4 is 28.1 Å². The van der Waals surface area contributed by atoms with Gasteiger partial charge in [0.1, 0.15) is 0 Å². The van der Waals surface area contributed by atoms with Crippen LogP contribution in [0.1, 0.15) is 28.6 Å². The van der Waals surface area contributed by atoms with Crippen molar-refractivity contribution in [2.45, 2.75) is 20.3 Å². The van der Waals surface area contributed by atoms with Crippen molar-refractivity contribution in [1.82, 2.24) is 4.98 Å². The lowest BCUT2D eigenvalue weighted by atomic mass is 10.1. The Bertz CT molecular complexity index is 565. The molecule has 0 atom stereocenters. The summed E-state index contributed by atoms with van der Waals surface area (Å²) in [6, 6.07) is 7.51. The molecular weight excluding hydrogens is 258 g/mol. The first kappa shape index (κ1) is 13.5. The number of hydrogen-bond donors (Lipinski definition) is 2. The molecule has 100 valence electrons. The SMILES string of the molecule is CCCNc1ccccc1C(=O)Nc1ncc(C)s1. The molecule has 5 heteroatoms. The van der Waals surface area contributed by atoms with Gasteiger partial charge in [0.05, 0.1) is 5.56 Å². The summed E-state index contributed by atoms with van der Waals surface area (Å²) in [5.74, 6) is -0.131. The van der Waals surface area contributed by atoms with Gasteiger partial charge >= 0.3 is 0 Å². The number of benzene rings is 1. The van der Waals surface area contributed by atoms with E-state index in [1.807, 2.05) is 31.2 Å². The fraction of sp³-hybridized carbons (Fsp3) is 0.286. The number of hydrogen-bond acceptors (Lipinski definition) is 4. The van der Waals surface area contributed by atoms with E-state index in [0.29, 0.717) is 10.7 Å². The molecular formula is C14H17N3OS. The highest BCUT2D eigenvalue weighted by Crippen LogP contribution is 2.20. The second-order valence-electron chi connectivity index (χ2n) is 4.20. The van der Waals surface area contributed by atoms with Crippen LogP contribution in [0.4, 0.5) is 10.8 Å². The van der Waals surface area contributed by atoms with Gasteiger partial charge in [0.25, 0.3) is 5.91 Å². The fourth-order valence-corrected chi connectivity index (χ4v) is 2.33. The maximum atomic E-state index is 12.2. The van der Waals surface area contributed by atoms with Gasteiger partial charge in [-0.25, -0.2) is 4.98 Å². The predicted molar refractivity (Wildman–Crippen MR) is 80.0 cm³/mol. The third kappa shape index (κ3) is 3.54. The number of nitrogens with zero attached hydrogens (tertiary/aromatic N) is 1. The molecule has 1 amide bonds. The summed E-state index contributed by atoms with van der Waals surface area (Å²) in [5.41, 5.74) is 1.50. The lowest BCUT2D eigenvalue weighted by Crippen LogP contribution is -2.14. The third-order valence-electron chi connectivity index (χ3n) is 2.58. The highest BCUT2D eigenvalue weighted by atomic mass is 32.1. The van der Waals surface area contributed by atoms with Crippen LogP contribution in [0.5, 0.6) is 0 Å². The summed E-state index contributed by atoms with van der Waals surface area (Å²) in [6.45, 7) is 4.90. The van der Waals surface area contributed by atoms with Gasteiger partial charge in [-0.15, -0.1) is 11.3 Å². The van der Waals surface area contributed by atoms with Gasteiger partial charge in [0.15, 0.2) is 5.13 Å². The fourth-order valence-electron chi connectivity index (χ4n) is 1.67. The van der Waals surface area contributed by atoms with Crippen molar-refractivity contribution in [2.75, 3.05) is 17.2 Å². The molecule has 4 nitrogen and oxygen atoms in total. The van der Waals surface area contributed by atoms with Crippen LogP contribution in [0, 0.1) is 6.92 Å². The molecule has 0 bridgehead atoms. The molecule has 0 aliphatic heterocycles. The average Bonchev–Trinajstić information content (AvgIpc) is 2.82. The molecule has 1 aromatic heterocycles. The standard InChI is InChI=1S/C14H17N3OS/c1-3-8-15-12-7-5-4-6-11(12)13(18)17-14-16-9-10(2)19-14/h4-7,9,15H,3,8H2,1-2H3,(H,16,17,18). The van der Waals surface area contributed by atoms with Gasteiger partial charge in [-0.3, -0.25) is 10.1 Å². The first-order chi connectivity index (χ1) is 9.20. The van der Waals surface area contributed by atoms with E-state index in [4.69, 9.17) is 0 Å². The largest absolute Gasteiger partial charge is 0.384 e. The summed E-state index contributed by atoms with van der Waals surface area (Å²) in [6.07, 6.45) is 2.77. The number of rotatable bonds is 5. The van der Waals surface area contributed by atoms with Crippen LogP contribution < -0.4 is 10.6 Å². The van der Waals surface area contributed by atoms with E-state index >= 15 is 0 Å². The van der Waals surface area contributed by atoms with Crippen LogP contribution in [0.25, 0.3) is 0 Å². The molecule has 1 aromatic carbocycles. The van der Waals surface area contributed by atoms with Crippen LogP contribution >= 0.6 is 11.3 Å². The minimum atomic E-state index is -0.131. The van der Waals surface area contributed by atoms with Gasteiger partial charge < -0.3 is 5.32 Å². The molecule has 2 N–H and O–H groups in total. The Kier molecular flexibility index (Phi) is 4.52. The number of aryl methyl sites for hydroxylation is 1. The number of aromatic nitrogens is 1. The Labute approximate surface area is 116 Å². The number of anilines is 2. The van der Waals surface area contributed by atoms with E-state index in [9.17, 15) is 4.79 Å². The summed E-state index contributed by atoms with van der Waals surface area (Å²) < 4.78 is 0. The Hall–Kier alpha value is -1.88. The van der Waals surface area contributed by atoms with Gasteiger partial charge in [-0.05, 0) is 25.5 Å². The van der Waals surface area contributed by atoms with E-state index in [2.05, 4.69) is 22.5 Å². The van der Waals surface area contributed by atoms with Crippen LogP contribution in [0.2, 0.25) is 0 Å². The zero-order valence-corrected chi connectivity index (χ0v) is 11.9. The van der Waals surface area contributed by atoms with Gasteiger partial charge in [0.2, 0.25) is 0 Å². The summed E-state index contributed by atoms with van der Waals surface area (Å²) in [5, 5.41) is 6.71. The number of carbonyl (C=O) groups excluding carboxylic acids is 1. The quantitative estimate of drug-likeness (QED) is 0.877. The maximum Gasteiger partial charge on any atom is 0.259 e. The van der Waals surface area contributed by atoms with Crippen LogP contribution in [-0.4, -0.2) is 17.4 Å². The number of amides is 1. The molecule has 0 aliphatic carbocycles. The molecule has 2 aromatic rings. The topological polar surface area (TPSA) is 54.0 Å². The van der Waals surface area contributed by atoms with Crippen molar-refractivity contribution in [3.05, 3.63) is 40.9 Å². The molecule has 0 aliphatic rings. The second-order valence-corrected chi connectivity index (χ2v) is 5.44. The molecule has 0 spiro atoms. The highest BCUT2D eigenvalue weighted by molar-refractivity contribution is 7.15. The van der Waals surface area contributed by atoms with Crippen molar-refractivity contribution in [3.63, 3.8) is 0 Å². The highest BCUT2D eigenvalue weighted by Gasteiger charge is 2.12. The zero-order valence-electron chi connectivity index (χ0n) is 11.1. The van der Waals surface area contributed by atoms with E-state index in [0.717, 1.165) is 23.5 Å². The molecule has 0 radical (unpaired) electrons. The van der Waals surface area contributed by atoms with E-state index in [1.165, 1.54) is 11.3 Å². The van der Waals surface area contributed by atoms with Crippen molar-refractivity contribution in [1.29, 1.82) is 0 Å². The zero-order chi connectivity index (χ0) is 13.7. The predicted octanol–water partition coefficient (Wildman–Crippen LogP) is 3.53. The Morgan fingerprint density at radius 2 is 2.16 bits per heavy atom. The second kappa shape index (κ2) is 6.33. The summed E-state index contributed by atoms with van der Waals surface area (Å²) in [4.78, 5) is 17.4. The minimum absolute atomic E-state index is 0.131. The Morgan fingerprint density at radius 1 is 1.37 bits per heavy atom. The number of para-hydroxylation sites is 1. The van der Waals surface area contributed by atoms with Gasteiger partial charge in [-0.1, -0.05) is 19.1 Å². The summed E-state index contributed by atoms with van der Waals surface area (Å²) in [7, 11) is 0. The van der Waals surface area contributed by atoms with E-state index in [1.54, 1.807) is 6.20 Å². The Morgan fingerprint density at radius 3 is 2.84 bits per heavy atom. The maximum absolute atomic E-state index is 12.2. The van der Waals surface area contributed by atoms with E-state index in [-0.39, 0.29) is 5.91 Å². The molecule has 0 fully saturated rings. The minimum Gasteiger partial charge on any atom is -0.384 e. The van der Waals surface area contributed by atoms with Gasteiger partial charge in [-0.2, -0.15) is 0 Å². The van der Waals surface area contributed by atoms with Crippen molar-refractivity contribution in [2.24, 2.45) is 0 Å². The van der Waals surface area contributed by atoms with Crippen LogP contribution in [0.3, 0.4) is 0 Å².